The Morgan fingerprint density at radius 1 is 1.50 bits per heavy atom. The zero-order chi connectivity index (χ0) is 8.93. The quantitative estimate of drug-likeness (QED) is 0.593. The summed E-state index contributed by atoms with van der Waals surface area (Å²) in [4.78, 5) is 11.4. The molecular formula is C10H16O2. The highest BCUT2D eigenvalue weighted by Crippen LogP contribution is 2.50. The number of aliphatic hydroxyl groups is 1. The largest absolute Gasteiger partial charge is 0.392 e. The number of aliphatic hydroxyl groups excluding tert-OH is 1. The Bertz CT molecular complexity index is 220. The van der Waals surface area contributed by atoms with E-state index in [2.05, 4.69) is 13.8 Å². The van der Waals surface area contributed by atoms with Crippen LogP contribution in [0.2, 0.25) is 0 Å². The lowest BCUT2D eigenvalue weighted by Crippen LogP contribution is -2.50. The Morgan fingerprint density at radius 2 is 2.17 bits per heavy atom. The third kappa shape index (κ3) is 1.01. The second kappa shape index (κ2) is 2.32. The van der Waals surface area contributed by atoms with Gasteiger partial charge >= 0.3 is 0 Å². The van der Waals surface area contributed by atoms with Crippen LogP contribution in [0.25, 0.3) is 0 Å². The van der Waals surface area contributed by atoms with E-state index in [1.54, 1.807) is 0 Å². The second-order valence-corrected chi connectivity index (χ2v) is 4.97. The molecule has 0 saturated heterocycles. The van der Waals surface area contributed by atoms with Crippen molar-refractivity contribution in [3.05, 3.63) is 0 Å². The van der Waals surface area contributed by atoms with Crippen molar-refractivity contribution < 1.29 is 9.90 Å². The van der Waals surface area contributed by atoms with E-state index in [1.165, 1.54) is 0 Å². The van der Waals surface area contributed by atoms with Crippen molar-refractivity contribution in [2.45, 2.75) is 39.2 Å². The van der Waals surface area contributed by atoms with Gasteiger partial charge in [-0.05, 0) is 24.2 Å². The molecule has 3 fully saturated rings. The molecule has 3 aliphatic carbocycles. The first kappa shape index (κ1) is 8.24. The Labute approximate surface area is 73.0 Å². The van der Waals surface area contributed by atoms with Gasteiger partial charge in [0.2, 0.25) is 0 Å². The van der Waals surface area contributed by atoms with Gasteiger partial charge in [0.15, 0.2) is 0 Å². The van der Waals surface area contributed by atoms with Gasteiger partial charge in [-0.25, -0.2) is 0 Å². The molecule has 3 saturated carbocycles. The van der Waals surface area contributed by atoms with Crippen LogP contribution < -0.4 is 0 Å². The molecule has 0 radical (unpaired) electrons. The van der Waals surface area contributed by atoms with Crippen LogP contribution >= 0.6 is 0 Å². The summed E-state index contributed by atoms with van der Waals surface area (Å²) in [5.41, 5.74) is 0.276. The van der Waals surface area contributed by atoms with E-state index in [-0.39, 0.29) is 23.2 Å². The third-order valence-corrected chi connectivity index (χ3v) is 3.70. The standard InChI is InChI=1S/C10H16O2/c1-10(2)5-7-8(11)3-6(10)4-9(7)12/h6-8,11H,3-5H2,1-2H3/t6-,7+,8-/m0/s1. The minimum Gasteiger partial charge on any atom is -0.392 e. The van der Waals surface area contributed by atoms with E-state index in [9.17, 15) is 9.90 Å². The first-order chi connectivity index (χ1) is 5.50. The SMILES string of the molecule is CC1(C)C[C@H]2C(=O)C[C@@H]1C[C@@H]2O. The first-order valence-corrected chi connectivity index (χ1v) is 4.71. The summed E-state index contributed by atoms with van der Waals surface area (Å²) in [6, 6.07) is 0. The average molecular weight is 168 g/mol. The number of rotatable bonds is 0. The van der Waals surface area contributed by atoms with Gasteiger partial charge in [0.05, 0.1) is 6.10 Å². The summed E-state index contributed by atoms with van der Waals surface area (Å²) < 4.78 is 0. The van der Waals surface area contributed by atoms with Crippen LogP contribution in [0.15, 0.2) is 0 Å². The first-order valence-electron chi connectivity index (χ1n) is 4.71. The number of hydrogen-bond acceptors (Lipinski definition) is 2. The molecular weight excluding hydrogens is 152 g/mol. The zero-order valence-electron chi connectivity index (χ0n) is 7.71. The van der Waals surface area contributed by atoms with E-state index in [0.717, 1.165) is 12.8 Å². The van der Waals surface area contributed by atoms with Gasteiger partial charge in [0, 0.05) is 12.3 Å². The minimum atomic E-state index is -0.343. The van der Waals surface area contributed by atoms with Gasteiger partial charge in [-0.3, -0.25) is 4.79 Å². The molecule has 0 aromatic rings. The van der Waals surface area contributed by atoms with Gasteiger partial charge in [-0.2, -0.15) is 0 Å². The molecule has 3 atom stereocenters. The number of carbonyl (C=O) groups excluding carboxylic acids is 1. The zero-order valence-corrected chi connectivity index (χ0v) is 7.71. The lowest BCUT2D eigenvalue weighted by Gasteiger charge is -2.49. The van der Waals surface area contributed by atoms with Gasteiger partial charge in [-0.15, -0.1) is 0 Å². The molecule has 0 aliphatic heterocycles. The van der Waals surface area contributed by atoms with Crippen LogP contribution in [0.4, 0.5) is 0 Å². The Hall–Kier alpha value is -0.370. The second-order valence-electron chi connectivity index (χ2n) is 4.97. The highest BCUT2D eigenvalue weighted by molar-refractivity contribution is 5.83. The smallest absolute Gasteiger partial charge is 0.138 e. The summed E-state index contributed by atoms with van der Waals surface area (Å²) in [5.74, 6) is 0.660. The molecule has 2 nitrogen and oxygen atoms in total. The Kier molecular flexibility index (Phi) is 1.59. The van der Waals surface area contributed by atoms with Crippen LogP contribution in [-0.4, -0.2) is 17.0 Å². The van der Waals surface area contributed by atoms with Gasteiger partial charge in [-0.1, -0.05) is 13.8 Å². The van der Waals surface area contributed by atoms with Crippen LogP contribution in [0.3, 0.4) is 0 Å². The van der Waals surface area contributed by atoms with E-state index < -0.39 is 0 Å². The Morgan fingerprint density at radius 3 is 2.58 bits per heavy atom. The number of ketones is 1. The van der Waals surface area contributed by atoms with Gasteiger partial charge in [0.25, 0.3) is 0 Å². The highest BCUT2D eigenvalue weighted by Gasteiger charge is 2.49. The monoisotopic (exact) mass is 168 g/mol. The summed E-state index contributed by atoms with van der Waals surface area (Å²) in [6.45, 7) is 4.42. The van der Waals surface area contributed by atoms with E-state index in [0.29, 0.717) is 12.3 Å². The summed E-state index contributed by atoms with van der Waals surface area (Å²) in [5, 5.41) is 9.58. The van der Waals surface area contributed by atoms with Crippen molar-refractivity contribution in [3.8, 4) is 0 Å². The molecule has 2 heteroatoms. The van der Waals surface area contributed by atoms with E-state index >= 15 is 0 Å². The topological polar surface area (TPSA) is 37.3 Å². The fourth-order valence-electron chi connectivity index (χ4n) is 2.73. The molecule has 0 aromatic carbocycles. The molecule has 0 heterocycles. The maximum Gasteiger partial charge on any atom is 0.138 e. The molecule has 1 N–H and O–H groups in total. The van der Waals surface area contributed by atoms with Crippen LogP contribution in [0, 0.1) is 17.3 Å². The van der Waals surface area contributed by atoms with Crippen LogP contribution in [0.5, 0.6) is 0 Å². The summed E-state index contributed by atoms with van der Waals surface area (Å²) in [6.07, 6.45) is 2.08. The van der Waals surface area contributed by atoms with Crippen molar-refractivity contribution in [1.29, 1.82) is 0 Å². The number of carbonyl (C=O) groups is 1. The fraction of sp³-hybridized carbons (Fsp3) is 0.900. The molecule has 3 aliphatic rings. The molecule has 0 amide bonds. The van der Waals surface area contributed by atoms with Gasteiger partial charge < -0.3 is 5.11 Å². The maximum absolute atomic E-state index is 11.4. The average Bonchev–Trinajstić information content (AvgIpc) is 1.93. The summed E-state index contributed by atoms with van der Waals surface area (Å²) >= 11 is 0. The molecule has 0 unspecified atom stereocenters. The van der Waals surface area contributed by atoms with Crippen molar-refractivity contribution >= 4 is 5.78 Å². The predicted octanol–water partition coefficient (Wildman–Crippen LogP) is 1.37. The van der Waals surface area contributed by atoms with Crippen LogP contribution in [0.1, 0.15) is 33.1 Å². The summed E-state index contributed by atoms with van der Waals surface area (Å²) in [7, 11) is 0. The van der Waals surface area contributed by atoms with Crippen molar-refractivity contribution in [2.24, 2.45) is 17.3 Å². The van der Waals surface area contributed by atoms with Crippen molar-refractivity contribution in [1.82, 2.24) is 0 Å². The normalized spacial score (nSPS) is 44.9. The van der Waals surface area contributed by atoms with Crippen molar-refractivity contribution in [2.75, 3.05) is 0 Å². The number of fused-ring (bicyclic) bond motifs is 3. The molecule has 3 rings (SSSR count). The van der Waals surface area contributed by atoms with Crippen molar-refractivity contribution in [3.63, 3.8) is 0 Å². The van der Waals surface area contributed by atoms with Crippen LogP contribution in [-0.2, 0) is 4.79 Å². The van der Waals surface area contributed by atoms with Gasteiger partial charge in [0.1, 0.15) is 5.78 Å². The number of hydrogen-bond donors (Lipinski definition) is 1. The third-order valence-electron chi connectivity index (χ3n) is 3.70. The highest BCUT2D eigenvalue weighted by atomic mass is 16.3. The van der Waals surface area contributed by atoms with E-state index in [1.807, 2.05) is 0 Å². The Balaban J connectivity index is 2.26. The molecule has 68 valence electrons. The molecule has 2 bridgehead atoms. The number of Topliss-reactive ketones (excluding diaryl/α,β-unsaturated/α-hetero) is 1. The van der Waals surface area contributed by atoms with E-state index in [4.69, 9.17) is 0 Å². The lowest BCUT2D eigenvalue weighted by atomic mass is 9.56. The molecule has 12 heavy (non-hydrogen) atoms. The minimum absolute atomic E-state index is 0.0509. The maximum atomic E-state index is 11.4. The lowest BCUT2D eigenvalue weighted by molar-refractivity contribution is -0.145. The molecule has 0 spiro atoms. The fourth-order valence-corrected chi connectivity index (χ4v) is 2.73. The predicted molar refractivity (Wildman–Crippen MR) is 45.6 cm³/mol. The molecule has 0 aromatic heterocycles.